The molecule has 0 radical (unpaired) electrons. The number of aryl methyl sites for hydroxylation is 1. The van der Waals surface area contributed by atoms with Crippen molar-refractivity contribution in [2.75, 3.05) is 0 Å². The fraction of sp³-hybridized carbons (Fsp3) is 0.333. The number of hydrogen-bond acceptors (Lipinski definition) is 2. The van der Waals surface area contributed by atoms with Gasteiger partial charge in [0.15, 0.2) is 5.15 Å². The van der Waals surface area contributed by atoms with Crippen molar-refractivity contribution in [1.29, 1.82) is 0 Å². The fourth-order valence-electron chi connectivity index (χ4n) is 0.790. The molecule has 0 N–H and O–H groups in total. The molecule has 0 unspecified atom stereocenters. The zero-order valence-electron chi connectivity index (χ0n) is 6.39. The summed E-state index contributed by atoms with van der Waals surface area (Å²) in [6, 6.07) is 0. The zero-order valence-corrected chi connectivity index (χ0v) is 7.15. The Bertz CT molecular complexity index is 325. The lowest BCUT2D eigenvalue weighted by atomic mass is 10.3. The van der Waals surface area contributed by atoms with Gasteiger partial charge in [0.1, 0.15) is 5.69 Å². The maximum atomic E-state index is 11.9. The predicted octanol–water partition coefficient (Wildman–Crippen LogP) is 1.82. The number of halogens is 4. The maximum absolute atomic E-state index is 11.9. The van der Waals surface area contributed by atoms with Crippen LogP contribution in [0.1, 0.15) is 10.5 Å². The van der Waals surface area contributed by atoms with E-state index in [9.17, 15) is 18.0 Å². The standard InChI is InChI=1S/C6H4ClF3N2O/c1-12-2-11-5(7)3(12)4(13)6(8,9)10/h2H,1H3. The van der Waals surface area contributed by atoms with Crippen molar-refractivity contribution in [3.05, 3.63) is 17.2 Å². The Balaban J connectivity index is 3.16. The predicted molar refractivity (Wildman–Crippen MR) is 38.6 cm³/mol. The van der Waals surface area contributed by atoms with Gasteiger partial charge in [0.2, 0.25) is 0 Å². The van der Waals surface area contributed by atoms with Crippen LogP contribution in [0.25, 0.3) is 0 Å². The smallest absolute Gasteiger partial charge is 0.330 e. The van der Waals surface area contributed by atoms with Crippen LogP contribution >= 0.6 is 11.6 Å². The largest absolute Gasteiger partial charge is 0.456 e. The van der Waals surface area contributed by atoms with Crippen LogP contribution in [0.5, 0.6) is 0 Å². The van der Waals surface area contributed by atoms with Crippen molar-refractivity contribution in [3.8, 4) is 0 Å². The van der Waals surface area contributed by atoms with Crippen molar-refractivity contribution in [2.24, 2.45) is 7.05 Å². The highest BCUT2D eigenvalue weighted by Gasteiger charge is 2.42. The molecular formula is C6H4ClF3N2O. The molecular weight excluding hydrogens is 209 g/mol. The molecule has 0 spiro atoms. The van der Waals surface area contributed by atoms with Gasteiger partial charge in [-0.2, -0.15) is 13.2 Å². The summed E-state index contributed by atoms with van der Waals surface area (Å²) in [5, 5.41) is -0.440. The molecule has 72 valence electrons. The monoisotopic (exact) mass is 212 g/mol. The Morgan fingerprint density at radius 3 is 2.46 bits per heavy atom. The van der Waals surface area contributed by atoms with Crippen LogP contribution in [-0.2, 0) is 7.05 Å². The first kappa shape index (κ1) is 10.0. The summed E-state index contributed by atoms with van der Waals surface area (Å²) in [7, 11) is 1.26. The minimum absolute atomic E-state index is 0.440. The fourth-order valence-corrected chi connectivity index (χ4v) is 1.05. The van der Waals surface area contributed by atoms with Crippen molar-refractivity contribution >= 4 is 17.4 Å². The quantitative estimate of drug-likeness (QED) is 0.666. The summed E-state index contributed by atoms with van der Waals surface area (Å²) >= 11 is 5.29. The molecule has 0 aliphatic heterocycles. The summed E-state index contributed by atoms with van der Waals surface area (Å²) in [5.41, 5.74) is -0.644. The van der Waals surface area contributed by atoms with E-state index in [1.807, 2.05) is 0 Å². The number of alkyl halides is 3. The average Bonchev–Trinajstić information content (AvgIpc) is 2.28. The van der Waals surface area contributed by atoms with Crippen molar-refractivity contribution in [3.63, 3.8) is 0 Å². The molecule has 0 fully saturated rings. The third kappa shape index (κ3) is 1.82. The lowest BCUT2D eigenvalue weighted by Gasteiger charge is -2.05. The van der Waals surface area contributed by atoms with E-state index in [4.69, 9.17) is 11.6 Å². The highest BCUT2D eigenvalue weighted by Crippen LogP contribution is 2.24. The molecule has 13 heavy (non-hydrogen) atoms. The molecule has 0 amide bonds. The minimum atomic E-state index is -4.92. The lowest BCUT2D eigenvalue weighted by molar-refractivity contribution is -0.0890. The molecule has 0 aliphatic rings. The van der Waals surface area contributed by atoms with Crippen LogP contribution < -0.4 is 0 Å². The van der Waals surface area contributed by atoms with Gasteiger partial charge in [-0.3, -0.25) is 4.79 Å². The van der Waals surface area contributed by atoms with Gasteiger partial charge in [-0.25, -0.2) is 4.98 Å². The van der Waals surface area contributed by atoms with Crippen LogP contribution in [0.3, 0.4) is 0 Å². The van der Waals surface area contributed by atoms with Gasteiger partial charge >= 0.3 is 6.18 Å². The van der Waals surface area contributed by atoms with Crippen LogP contribution in [0, 0.1) is 0 Å². The third-order valence-electron chi connectivity index (χ3n) is 1.36. The number of aromatic nitrogens is 2. The first-order valence-corrected chi connectivity index (χ1v) is 3.50. The molecule has 3 nitrogen and oxygen atoms in total. The Hall–Kier alpha value is -1.04. The second kappa shape index (κ2) is 3.02. The van der Waals surface area contributed by atoms with Crippen molar-refractivity contribution < 1.29 is 18.0 Å². The first-order chi connectivity index (χ1) is 5.84. The second-order valence-corrected chi connectivity index (χ2v) is 2.68. The number of carbonyl (C=O) groups excluding carboxylic acids is 1. The highest BCUT2D eigenvalue weighted by molar-refractivity contribution is 6.32. The van der Waals surface area contributed by atoms with E-state index in [1.165, 1.54) is 7.05 Å². The number of nitrogens with zero attached hydrogens (tertiary/aromatic N) is 2. The molecule has 1 aromatic rings. The van der Waals surface area contributed by atoms with Crippen molar-refractivity contribution in [2.45, 2.75) is 6.18 Å². The Morgan fingerprint density at radius 1 is 1.62 bits per heavy atom. The molecule has 0 saturated carbocycles. The van der Waals surface area contributed by atoms with E-state index >= 15 is 0 Å². The summed E-state index contributed by atoms with van der Waals surface area (Å²) in [5.74, 6) is -1.99. The first-order valence-electron chi connectivity index (χ1n) is 3.12. The van der Waals surface area contributed by atoms with E-state index in [0.717, 1.165) is 10.9 Å². The summed E-state index contributed by atoms with van der Waals surface area (Å²) in [6.45, 7) is 0. The van der Waals surface area contributed by atoms with Gasteiger partial charge in [0.25, 0.3) is 5.78 Å². The van der Waals surface area contributed by atoms with Gasteiger partial charge in [0.05, 0.1) is 6.33 Å². The molecule has 1 heterocycles. The minimum Gasteiger partial charge on any atom is -0.330 e. The summed E-state index contributed by atoms with van der Waals surface area (Å²) in [6.07, 6.45) is -3.88. The number of hydrogen-bond donors (Lipinski definition) is 0. The van der Waals surface area contributed by atoms with E-state index in [-0.39, 0.29) is 0 Å². The SMILES string of the molecule is Cn1cnc(Cl)c1C(=O)C(F)(F)F. The van der Waals surface area contributed by atoms with E-state index in [1.54, 1.807) is 0 Å². The Morgan fingerprint density at radius 2 is 2.15 bits per heavy atom. The van der Waals surface area contributed by atoms with E-state index < -0.39 is 22.8 Å². The van der Waals surface area contributed by atoms with E-state index in [0.29, 0.717) is 0 Å². The summed E-state index contributed by atoms with van der Waals surface area (Å²) < 4.78 is 36.7. The van der Waals surface area contributed by atoms with Gasteiger partial charge in [-0.1, -0.05) is 11.6 Å². The number of Topliss-reactive ketones (excluding diaryl/α,β-unsaturated/α-hetero) is 1. The average molecular weight is 213 g/mol. The molecule has 7 heteroatoms. The van der Waals surface area contributed by atoms with Crippen molar-refractivity contribution in [1.82, 2.24) is 9.55 Å². The summed E-state index contributed by atoms with van der Waals surface area (Å²) in [4.78, 5) is 14.1. The molecule has 0 aliphatic carbocycles. The highest BCUT2D eigenvalue weighted by atomic mass is 35.5. The molecule has 0 aromatic carbocycles. The number of ketones is 1. The van der Waals surface area contributed by atoms with Crippen LogP contribution in [-0.4, -0.2) is 21.5 Å². The Labute approximate surface area is 76.1 Å². The zero-order chi connectivity index (χ0) is 10.2. The third-order valence-corrected chi connectivity index (χ3v) is 1.64. The topological polar surface area (TPSA) is 34.9 Å². The Kier molecular flexibility index (Phi) is 2.34. The van der Waals surface area contributed by atoms with Gasteiger partial charge in [-0.15, -0.1) is 0 Å². The normalized spacial score (nSPS) is 11.8. The van der Waals surface area contributed by atoms with Crippen LogP contribution in [0.15, 0.2) is 6.33 Å². The van der Waals surface area contributed by atoms with Crippen LogP contribution in [0.2, 0.25) is 5.15 Å². The van der Waals surface area contributed by atoms with Gasteiger partial charge in [-0.05, 0) is 0 Å². The molecule has 0 atom stereocenters. The number of rotatable bonds is 1. The van der Waals surface area contributed by atoms with Gasteiger partial charge in [0, 0.05) is 7.05 Å². The molecule has 0 saturated heterocycles. The van der Waals surface area contributed by atoms with E-state index in [2.05, 4.69) is 4.98 Å². The number of carbonyl (C=O) groups is 1. The maximum Gasteiger partial charge on any atom is 0.456 e. The van der Waals surface area contributed by atoms with Crippen LogP contribution in [0.4, 0.5) is 13.2 Å². The lowest BCUT2D eigenvalue weighted by Crippen LogP contribution is -2.25. The second-order valence-electron chi connectivity index (χ2n) is 2.32. The molecule has 0 bridgehead atoms. The number of imidazole rings is 1. The van der Waals surface area contributed by atoms with Gasteiger partial charge < -0.3 is 4.57 Å². The molecule has 1 rings (SSSR count). The molecule has 1 aromatic heterocycles.